The van der Waals surface area contributed by atoms with Crippen LogP contribution in [0.2, 0.25) is 0 Å². The van der Waals surface area contributed by atoms with Gasteiger partial charge in [-0.2, -0.15) is 11.8 Å². The zero-order valence-electron chi connectivity index (χ0n) is 11.5. The van der Waals surface area contributed by atoms with Crippen LogP contribution in [0.15, 0.2) is 14.9 Å². The number of thioether (sulfide) groups is 1. The van der Waals surface area contributed by atoms with Crippen LogP contribution < -0.4 is 0 Å². The summed E-state index contributed by atoms with van der Waals surface area (Å²) in [4.78, 5) is 10.7. The number of hydrogen-bond acceptors (Lipinski definition) is 6. The van der Waals surface area contributed by atoms with Gasteiger partial charge in [0.05, 0.1) is 17.2 Å². The summed E-state index contributed by atoms with van der Waals surface area (Å²) in [6.07, 6.45) is 0. The molecule has 0 aromatic carbocycles. The number of rotatable bonds is 6. The Bertz CT molecular complexity index is 605. The number of carboxylic acids is 1. The zero-order valence-corrected chi connectivity index (χ0v) is 12.4. The van der Waals surface area contributed by atoms with Crippen molar-refractivity contribution < 1.29 is 18.7 Å². The van der Waals surface area contributed by atoms with E-state index >= 15 is 0 Å². The number of aliphatic carboxylic acids is 1. The van der Waals surface area contributed by atoms with Crippen LogP contribution in [0.25, 0.3) is 11.5 Å². The topological polar surface area (TPSA) is 89.4 Å². The molecule has 0 aliphatic heterocycles. The molecular formula is C13H16N2O4S. The second kappa shape index (κ2) is 6.13. The van der Waals surface area contributed by atoms with Crippen LogP contribution in [0.5, 0.6) is 0 Å². The summed E-state index contributed by atoms with van der Waals surface area (Å²) < 4.78 is 11.0. The van der Waals surface area contributed by atoms with Crippen LogP contribution >= 0.6 is 11.8 Å². The Labute approximate surface area is 120 Å². The van der Waals surface area contributed by atoms with Crippen LogP contribution in [-0.4, -0.2) is 27.0 Å². The second-order valence-electron chi connectivity index (χ2n) is 4.58. The fourth-order valence-corrected chi connectivity index (χ4v) is 2.56. The number of carbonyl (C=O) groups is 1. The molecule has 108 valence electrons. The van der Waals surface area contributed by atoms with Gasteiger partial charge in [-0.25, -0.2) is 0 Å². The zero-order chi connectivity index (χ0) is 14.7. The molecule has 0 bridgehead atoms. The van der Waals surface area contributed by atoms with Crippen molar-refractivity contribution in [3.8, 4) is 11.5 Å². The Morgan fingerprint density at radius 2 is 2.15 bits per heavy atom. The molecule has 7 heteroatoms. The molecule has 0 amide bonds. The largest absolute Gasteiger partial charge is 0.481 e. The van der Waals surface area contributed by atoms with Crippen LogP contribution in [0.3, 0.4) is 0 Å². The highest BCUT2D eigenvalue weighted by Crippen LogP contribution is 2.26. The van der Waals surface area contributed by atoms with Crippen molar-refractivity contribution in [2.45, 2.75) is 26.5 Å². The first kappa shape index (κ1) is 14.6. The monoisotopic (exact) mass is 296 g/mol. The van der Waals surface area contributed by atoms with Crippen molar-refractivity contribution in [3.05, 3.63) is 23.5 Å². The van der Waals surface area contributed by atoms with Gasteiger partial charge in [-0.05, 0) is 19.9 Å². The number of furan rings is 1. The normalized spacial score (nSPS) is 12.6. The number of carboxylic acid groups (broad SMARTS) is 1. The first-order chi connectivity index (χ1) is 9.47. The lowest BCUT2D eigenvalue weighted by atomic mass is 10.2. The van der Waals surface area contributed by atoms with E-state index in [2.05, 4.69) is 10.2 Å². The molecule has 1 N–H and O–H groups in total. The molecule has 0 saturated carbocycles. The van der Waals surface area contributed by atoms with E-state index in [0.717, 1.165) is 17.1 Å². The predicted molar refractivity (Wildman–Crippen MR) is 74.4 cm³/mol. The van der Waals surface area contributed by atoms with Crippen molar-refractivity contribution in [2.75, 3.05) is 5.75 Å². The molecule has 0 fully saturated rings. The lowest BCUT2D eigenvalue weighted by Gasteiger charge is -2.03. The van der Waals surface area contributed by atoms with E-state index in [0.29, 0.717) is 23.3 Å². The smallest absolute Gasteiger partial charge is 0.307 e. The minimum atomic E-state index is -0.798. The van der Waals surface area contributed by atoms with Crippen LogP contribution in [0, 0.1) is 19.8 Å². The molecule has 0 saturated heterocycles. The fourth-order valence-electron chi connectivity index (χ4n) is 1.66. The third kappa shape index (κ3) is 3.41. The van der Waals surface area contributed by atoms with Gasteiger partial charge in [0, 0.05) is 5.75 Å². The molecule has 2 rings (SSSR count). The van der Waals surface area contributed by atoms with E-state index in [1.807, 2.05) is 19.9 Å². The molecule has 0 radical (unpaired) electrons. The number of hydrogen-bond donors (Lipinski definition) is 1. The SMILES string of the molecule is Cc1cc(-c2nnc(CSCC(C)C(=O)O)o2)c(C)o1. The van der Waals surface area contributed by atoms with Crippen molar-refractivity contribution in [1.82, 2.24) is 10.2 Å². The summed E-state index contributed by atoms with van der Waals surface area (Å²) in [6.45, 7) is 5.37. The molecule has 20 heavy (non-hydrogen) atoms. The summed E-state index contributed by atoms with van der Waals surface area (Å²) in [6, 6.07) is 1.85. The van der Waals surface area contributed by atoms with Gasteiger partial charge < -0.3 is 13.9 Å². The second-order valence-corrected chi connectivity index (χ2v) is 5.61. The van der Waals surface area contributed by atoms with Gasteiger partial charge in [0.2, 0.25) is 5.89 Å². The van der Waals surface area contributed by atoms with E-state index in [1.165, 1.54) is 11.8 Å². The molecule has 2 heterocycles. The first-order valence-corrected chi connectivity index (χ1v) is 7.33. The van der Waals surface area contributed by atoms with E-state index in [-0.39, 0.29) is 5.92 Å². The van der Waals surface area contributed by atoms with Crippen LogP contribution in [0.1, 0.15) is 24.3 Å². The lowest BCUT2D eigenvalue weighted by molar-refractivity contribution is -0.140. The molecule has 0 aliphatic rings. The van der Waals surface area contributed by atoms with E-state index in [4.69, 9.17) is 13.9 Å². The van der Waals surface area contributed by atoms with Crippen LogP contribution in [0.4, 0.5) is 0 Å². The number of nitrogens with zero attached hydrogens (tertiary/aromatic N) is 2. The molecule has 1 atom stereocenters. The third-order valence-corrected chi connectivity index (χ3v) is 3.94. The Kier molecular flexibility index (Phi) is 4.49. The average Bonchev–Trinajstić information content (AvgIpc) is 2.95. The van der Waals surface area contributed by atoms with E-state index in [9.17, 15) is 4.79 Å². The molecule has 2 aromatic rings. The summed E-state index contributed by atoms with van der Waals surface area (Å²) >= 11 is 1.46. The molecule has 0 spiro atoms. The first-order valence-electron chi connectivity index (χ1n) is 6.17. The molecule has 0 aliphatic carbocycles. The van der Waals surface area contributed by atoms with Gasteiger partial charge in [0.25, 0.3) is 5.89 Å². The minimum absolute atomic E-state index is 0.388. The third-order valence-electron chi connectivity index (χ3n) is 2.75. The Morgan fingerprint density at radius 1 is 1.40 bits per heavy atom. The standard InChI is InChI=1S/C13H16N2O4S/c1-7(13(16)17)5-20-6-11-14-15-12(19-11)10-4-8(2)18-9(10)3/h4,7H,5-6H2,1-3H3,(H,16,17). The Balaban J connectivity index is 1.96. The summed E-state index contributed by atoms with van der Waals surface area (Å²) in [7, 11) is 0. The van der Waals surface area contributed by atoms with Crippen LogP contribution in [-0.2, 0) is 10.5 Å². The highest BCUT2D eigenvalue weighted by molar-refractivity contribution is 7.98. The van der Waals surface area contributed by atoms with Gasteiger partial charge in [-0.3, -0.25) is 4.79 Å². The highest BCUT2D eigenvalue weighted by Gasteiger charge is 2.15. The maximum absolute atomic E-state index is 10.7. The lowest BCUT2D eigenvalue weighted by Crippen LogP contribution is -2.11. The van der Waals surface area contributed by atoms with Gasteiger partial charge in [-0.1, -0.05) is 6.92 Å². The predicted octanol–water partition coefficient (Wildman–Crippen LogP) is 2.90. The quantitative estimate of drug-likeness (QED) is 0.876. The summed E-state index contributed by atoms with van der Waals surface area (Å²) in [5.74, 6) is 2.28. The van der Waals surface area contributed by atoms with E-state index in [1.54, 1.807) is 6.92 Å². The summed E-state index contributed by atoms with van der Waals surface area (Å²) in [5.41, 5.74) is 0.796. The van der Waals surface area contributed by atoms with Gasteiger partial charge in [0.1, 0.15) is 11.5 Å². The van der Waals surface area contributed by atoms with Gasteiger partial charge in [-0.15, -0.1) is 10.2 Å². The average molecular weight is 296 g/mol. The van der Waals surface area contributed by atoms with Crippen molar-refractivity contribution in [2.24, 2.45) is 5.92 Å². The number of aromatic nitrogens is 2. The van der Waals surface area contributed by atoms with Crippen molar-refractivity contribution in [3.63, 3.8) is 0 Å². The van der Waals surface area contributed by atoms with Crippen molar-refractivity contribution in [1.29, 1.82) is 0 Å². The van der Waals surface area contributed by atoms with Gasteiger partial charge in [0.15, 0.2) is 0 Å². The summed E-state index contributed by atoms with van der Waals surface area (Å²) in [5, 5.41) is 16.7. The molecule has 1 unspecified atom stereocenters. The Hall–Kier alpha value is -1.76. The van der Waals surface area contributed by atoms with Crippen molar-refractivity contribution >= 4 is 17.7 Å². The molecular weight excluding hydrogens is 280 g/mol. The molecule has 2 aromatic heterocycles. The Morgan fingerprint density at radius 3 is 2.75 bits per heavy atom. The fraction of sp³-hybridized carbons (Fsp3) is 0.462. The minimum Gasteiger partial charge on any atom is -0.481 e. The van der Waals surface area contributed by atoms with E-state index < -0.39 is 5.97 Å². The maximum atomic E-state index is 10.7. The molecule has 6 nitrogen and oxygen atoms in total. The van der Waals surface area contributed by atoms with Gasteiger partial charge >= 0.3 is 5.97 Å². The number of aryl methyl sites for hydroxylation is 2. The maximum Gasteiger partial charge on any atom is 0.307 e. The highest BCUT2D eigenvalue weighted by atomic mass is 32.2.